The fourth-order valence-corrected chi connectivity index (χ4v) is 8.58. The van der Waals surface area contributed by atoms with Gasteiger partial charge in [-0.15, -0.1) is 0 Å². The van der Waals surface area contributed by atoms with Crippen molar-refractivity contribution in [2.45, 2.75) is 36.0 Å². The summed E-state index contributed by atoms with van der Waals surface area (Å²) in [5, 5.41) is 13.9. The van der Waals surface area contributed by atoms with Crippen molar-refractivity contribution in [3.8, 4) is 23.0 Å². The van der Waals surface area contributed by atoms with Crippen LogP contribution in [0.1, 0.15) is 24.5 Å². The van der Waals surface area contributed by atoms with Crippen molar-refractivity contribution in [2.24, 2.45) is 0 Å². The molecule has 0 spiro atoms. The van der Waals surface area contributed by atoms with E-state index in [0.29, 0.717) is 45.5 Å². The molecule has 0 saturated carbocycles. The second-order valence-corrected chi connectivity index (χ2v) is 17.7. The second kappa shape index (κ2) is 22.8. The number of carbonyl (C=O) groups is 3. The Balaban J connectivity index is 0.892. The fourth-order valence-electron chi connectivity index (χ4n) is 6.29. The third-order valence-electron chi connectivity index (χ3n) is 9.37. The van der Waals surface area contributed by atoms with Gasteiger partial charge >= 0.3 is 11.9 Å². The van der Waals surface area contributed by atoms with Gasteiger partial charge in [0.05, 0.1) is 22.7 Å². The smallest absolute Gasteiger partial charge is 0.318 e. The second-order valence-electron chi connectivity index (χ2n) is 14.3. The molecule has 0 aromatic heterocycles. The van der Waals surface area contributed by atoms with E-state index in [1.54, 1.807) is 72.8 Å². The van der Waals surface area contributed by atoms with Crippen molar-refractivity contribution in [2.75, 3.05) is 41.2 Å². The molecule has 0 saturated heterocycles. The highest BCUT2D eigenvalue weighted by Gasteiger charge is 2.25. The van der Waals surface area contributed by atoms with Gasteiger partial charge < -0.3 is 29.0 Å². The topological polar surface area (TPSA) is 245 Å². The summed E-state index contributed by atoms with van der Waals surface area (Å²) >= 11 is 0. The summed E-state index contributed by atoms with van der Waals surface area (Å²) in [6.07, 6.45) is -0.101. The Morgan fingerprint density at radius 2 is 1.03 bits per heavy atom. The van der Waals surface area contributed by atoms with Crippen molar-refractivity contribution < 1.29 is 59.8 Å². The number of nitro benzene ring substituents is 1. The number of amides is 1. The van der Waals surface area contributed by atoms with Crippen LogP contribution in [-0.4, -0.2) is 66.0 Å². The van der Waals surface area contributed by atoms with Gasteiger partial charge in [-0.1, -0.05) is 48.5 Å². The maximum atomic E-state index is 12.8. The summed E-state index contributed by atoms with van der Waals surface area (Å²) in [6, 6.07) is 36.9. The van der Waals surface area contributed by atoms with Crippen molar-refractivity contribution in [3.05, 3.63) is 167 Å². The van der Waals surface area contributed by atoms with Crippen LogP contribution in [0, 0.1) is 10.1 Å². The lowest BCUT2D eigenvalue weighted by atomic mass is 10.1. The molecule has 6 rings (SSSR count). The first-order chi connectivity index (χ1) is 32.1. The summed E-state index contributed by atoms with van der Waals surface area (Å²) in [5.74, 6) is 0.0217. The van der Waals surface area contributed by atoms with Crippen LogP contribution in [0.5, 0.6) is 23.0 Å². The Hall–Kier alpha value is -7.97. The van der Waals surface area contributed by atoms with E-state index < -0.39 is 47.5 Å². The number of nitrogens with one attached hydrogen (secondary N) is 3. The molecule has 0 aliphatic carbocycles. The Morgan fingerprint density at radius 1 is 0.552 bits per heavy atom. The molecule has 20 heteroatoms. The molecule has 6 aromatic rings. The number of ether oxygens (including phenoxy) is 5. The summed E-state index contributed by atoms with van der Waals surface area (Å²) in [7, 11) is -8.12. The Bertz CT molecular complexity index is 2910. The standard InChI is InChI=1S/C47H44N4O14S2/c1-33(52)48-36-19-25-41(26-20-36)66(57,58)49-37-15-21-39(22-16-37)61-28-30-63-43-11-5-2-8-34(43)14-27-46(53)65-47(54)32-35-9-3-6-12-44(35)64-31-29-62-40-23-17-38(18-24-40)50-67(59,60)45-13-7-4-10-42(45)51(55)56/h2-13,15-26,49-50H,14,27-32H2,1H3,(H,48,52). The van der Waals surface area contributed by atoms with E-state index in [2.05, 4.69) is 14.8 Å². The number of nitro groups is 1. The number of hydrogen-bond donors (Lipinski definition) is 3. The zero-order chi connectivity index (χ0) is 47.8. The molecule has 67 heavy (non-hydrogen) atoms. The molecule has 6 aromatic carbocycles. The number of sulfonamides is 2. The van der Waals surface area contributed by atoms with Gasteiger partial charge in [-0.3, -0.25) is 33.9 Å². The highest BCUT2D eigenvalue weighted by Crippen LogP contribution is 2.27. The third-order valence-corrected chi connectivity index (χ3v) is 12.2. The van der Waals surface area contributed by atoms with Gasteiger partial charge in [0.25, 0.3) is 25.7 Å². The van der Waals surface area contributed by atoms with Gasteiger partial charge in [0.1, 0.15) is 49.4 Å². The van der Waals surface area contributed by atoms with Crippen LogP contribution >= 0.6 is 0 Å². The van der Waals surface area contributed by atoms with E-state index in [-0.39, 0.29) is 62.2 Å². The van der Waals surface area contributed by atoms with Crippen LogP contribution in [0.3, 0.4) is 0 Å². The number of para-hydroxylation sites is 3. The van der Waals surface area contributed by atoms with Crippen LogP contribution in [0.25, 0.3) is 0 Å². The molecule has 1 amide bonds. The van der Waals surface area contributed by atoms with Gasteiger partial charge in [-0.05, 0) is 103 Å². The molecule has 0 fully saturated rings. The minimum absolute atomic E-state index is 0.0257. The van der Waals surface area contributed by atoms with Crippen molar-refractivity contribution in [1.82, 2.24) is 0 Å². The van der Waals surface area contributed by atoms with Crippen molar-refractivity contribution >= 4 is 60.6 Å². The first kappa shape index (κ1) is 48.5. The molecule has 0 aliphatic heterocycles. The van der Waals surface area contributed by atoms with Crippen LogP contribution in [0.2, 0.25) is 0 Å². The number of aryl methyl sites for hydroxylation is 1. The van der Waals surface area contributed by atoms with E-state index in [0.717, 1.165) is 12.1 Å². The molecule has 0 heterocycles. The monoisotopic (exact) mass is 952 g/mol. The number of hydrogen-bond acceptors (Lipinski definition) is 14. The quantitative estimate of drug-likeness (QED) is 0.0187. The number of nitrogens with zero attached hydrogens (tertiary/aromatic N) is 1. The first-order valence-electron chi connectivity index (χ1n) is 20.4. The van der Waals surface area contributed by atoms with Gasteiger partial charge in [0, 0.05) is 35.6 Å². The highest BCUT2D eigenvalue weighted by atomic mass is 32.2. The number of anilines is 3. The average Bonchev–Trinajstić information content (AvgIpc) is 3.30. The SMILES string of the molecule is CC(=O)Nc1ccc(S(=O)(=O)Nc2ccc(OCCOc3ccccc3CCC(=O)OC(=O)Cc3ccccc3OCCOc3ccc(NS(=O)(=O)c4ccccc4[N+](=O)[O-])cc3)cc2)cc1. The molecule has 348 valence electrons. The Kier molecular flexibility index (Phi) is 16.5. The van der Waals surface area contributed by atoms with E-state index in [1.165, 1.54) is 67.6 Å². The summed E-state index contributed by atoms with van der Waals surface area (Å²) < 4.78 is 84.4. The lowest BCUT2D eigenvalue weighted by molar-refractivity contribution is -0.387. The molecule has 0 bridgehead atoms. The van der Waals surface area contributed by atoms with Crippen LogP contribution in [0.15, 0.2) is 155 Å². The van der Waals surface area contributed by atoms with Gasteiger partial charge in [-0.25, -0.2) is 16.8 Å². The number of esters is 2. The lowest BCUT2D eigenvalue weighted by Crippen LogP contribution is -2.16. The van der Waals surface area contributed by atoms with Crippen LogP contribution in [0.4, 0.5) is 22.7 Å². The van der Waals surface area contributed by atoms with Gasteiger partial charge in [0.2, 0.25) is 5.91 Å². The Morgan fingerprint density at radius 3 is 1.60 bits per heavy atom. The minimum atomic E-state index is -4.24. The fraction of sp³-hybridized carbons (Fsp3) is 0.170. The first-order valence-corrected chi connectivity index (χ1v) is 23.4. The maximum absolute atomic E-state index is 12.8. The molecule has 18 nitrogen and oxygen atoms in total. The summed E-state index contributed by atoms with van der Waals surface area (Å²) in [4.78, 5) is 46.9. The molecule has 0 unspecified atom stereocenters. The summed E-state index contributed by atoms with van der Waals surface area (Å²) in [6.45, 7) is 1.83. The molecule has 0 atom stereocenters. The number of benzene rings is 6. The van der Waals surface area contributed by atoms with E-state index in [9.17, 15) is 41.3 Å². The van der Waals surface area contributed by atoms with Crippen LogP contribution in [-0.2, 0) is 52.0 Å². The normalized spacial score (nSPS) is 11.1. The largest absolute Gasteiger partial charge is 0.490 e. The molecular formula is C47H44N4O14S2. The molecule has 0 aliphatic rings. The molecule has 0 radical (unpaired) electrons. The number of carbonyl (C=O) groups excluding carboxylic acids is 3. The van der Waals surface area contributed by atoms with E-state index >= 15 is 0 Å². The zero-order valence-electron chi connectivity index (χ0n) is 35.8. The van der Waals surface area contributed by atoms with E-state index in [4.69, 9.17) is 23.7 Å². The van der Waals surface area contributed by atoms with E-state index in [1.807, 2.05) is 0 Å². The average molecular weight is 953 g/mol. The third kappa shape index (κ3) is 14.5. The minimum Gasteiger partial charge on any atom is -0.490 e. The van der Waals surface area contributed by atoms with Crippen molar-refractivity contribution in [1.29, 1.82) is 0 Å². The highest BCUT2D eigenvalue weighted by molar-refractivity contribution is 7.93. The molecular weight excluding hydrogens is 909 g/mol. The zero-order valence-corrected chi connectivity index (χ0v) is 37.4. The van der Waals surface area contributed by atoms with Crippen molar-refractivity contribution in [3.63, 3.8) is 0 Å². The number of rotatable bonds is 23. The lowest BCUT2D eigenvalue weighted by Gasteiger charge is -2.13. The van der Waals surface area contributed by atoms with Gasteiger partial charge in [-0.2, -0.15) is 0 Å². The predicted octanol–water partition coefficient (Wildman–Crippen LogP) is 7.32. The van der Waals surface area contributed by atoms with Crippen LogP contribution < -0.4 is 33.7 Å². The molecule has 3 N–H and O–H groups in total. The summed E-state index contributed by atoms with van der Waals surface area (Å²) in [5.41, 5.74) is 1.61. The Labute approximate surface area is 386 Å². The predicted molar refractivity (Wildman–Crippen MR) is 246 cm³/mol. The van der Waals surface area contributed by atoms with Gasteiger partial charge in [0.15, 0.2) is 4.90 Å². The maximum Gasteiger partial charge on any atom is 0.318 e.